The molecular formula is C14H26N2O3S. The Morgan fingerprint density at radius 2 is 2.20 bits per heavy atom. The van der Waals surface area contributed by atoms with E-state index in [4.69, 9.17) is 5.11 Å². The Kier molecular flexibility index (Phi) is 7.19. The van der Waals surface area contributed by atoms with Gasteiger partial charge in [-0.15, -0.1) is 0 Å². The Balaban J connectivity index is 2.38. The summed E-state index contributed by atoms with van der Waals surface area (Å²) in [6.45, 7) is 6.59. The van der Waals surface area contributed by atoms with Gasteiger partial charge < -0.3 is 15.3 Å². The Bertz CT molecular complexity index is 338. The maximum Gasteiger partial charge on any atom is 0.317 e. The van der Waals surface area contributed by atoms with E-state index in [2.05, 4.69) is 12.2 Å². The normalized spacial score (nSPS) is 24.2. The lowest BCUT2D eigenvalue weighted by atomic mass is 9.92. The number of rotatable bonds is 6. The molecule has 1 fully saturated rings. The van der Waals surface area contributed by atoms with Crippen LogP contribution in [0.25, 0.3) is 0 Å². The summed E-state index contributed by atoms with van der Waals surface area (Å²) in [5.41, 5.74) is 0. The van der Waals surface area contributed by atoms with Gasteiger partial charge in [-0.3, -0.25) is 4.79 Å². The summed E-state index contributed by atoms with van der Waals surface area (Å²) in [7, 11) is 0. The highest BCUT2D eigenvalue weighted by Crippen LogP contribution is 2.23. The fraction of sp³-hybridized carbons (Fsp3) is 0.857. The minimum Gasteiger partial charge on any atom is -0.481 e. The van der Waals surface area contributed by atoms with Crippen molar-refractivity contribution in [1.82, 2.24) is 10.2 Å². The fourth-order valence-corrected chi connectivity index (χ4v) is 3.28. The van der Waals surface area contributed by atoms with Crippen LogP contribution in [0, 0.1) is 5.92 Å². The number of aliphatic carboxylic acids is 1. The van der Waals surface area contributed by atoms with E-state index in [0.29, 0.717) is 19.4 Å². The van der Waals surface area contributed by atoms with Crippen LogP contribution in [0.1, 0.15) is 40.0 Å². The van der Waals surface area contributed by atoms with Gasteiger partial charge in [0.1, 0.15) is 0 Å². The molecule has 6 heteroatoms. The minimum atomic E-state index is -0.748. The first-order valence-corrected chi connectivity index (χ1v) is 8.48. The molecule has 1 rings (SSSR count). The fourth-order valence-electron chi connectivity index (χ4n) is 2.47. The van der Waals surface area contributed by atoms with Crippen molar-refractivity contribution in [2.24, 2.45) is 5.92 Å². The third-order valence-electron chi connectivity index (χ3n) is 3.76. The first kappa shape index (κ1) is 17.1. The van der Waals surface area contributed by atoms with E-state index in [-0.39, 0.29) is 24.0 Å². The number of carboxylic acids is 1. The van der Waals surface area contributed by atoms with Crippen LogP contribution in [0.5, 0.6) is 0 Å². The third kappa shape index (κ3) is 5.23. The molecule has 2 N–H and O–H groups in total. The predicted molar refractivity (Wildman–Crippen MR) is 82.1 cm³/mol. The van der Waals surface area contributed by atoms with Crippen molar-refractivity contribution in [1.29, 1.82) is 0 Å². The van der Waals surface area contributed by atoms with Gasteiger partial charge in [0, 0.05) is 18.6 Å². The molecule has 2 amide bonds. The highest BCUT2D eigenvalue weighted by molar-refractivity contribution is 7.99. The molecule has 1 aliphatic rings. The molecule has 3 unspecified atom stereocenters. The van der Waals surface area contributed by atoms with E-state index in [9.17, 15) is 9.59 Å². The molecule has 0 bridgehead atoms. The Hall–Kier alpha value is -0.910. The second-order valence-electron chi connectivity index (χ2n) is 5.44. The van der Waals surface area contributed by atoms with Crippen molar-refractivity contribution in [3.05, 3.63) is 0 Å². The van der Waals surface area contributed by atoms with Gasteiger partial charge in [0.05, 0.1) is 5.92 Å². The van der Waals surface area contributed by atoms with Crippen molar-refractivity contribution in [3.63, 3.8) is 0 Å². The molecule has 3 atom stereocenters. The quantitative estimate of drug-likeness (QED) is 0.739. The summed E-state index contributed by atoms with van der Waals surface area (Å²) >= 11 is 1.87. The molecular weight excluding hydrogens is 276 g/mol. The molecule has 0 aromatic heterocycles. The number of urea groups is 1. The van der Waals surface area contributed by atoms with Crippen LogP contribution < -0.4 is 5.32 Å². The second kappa shape index (κ2) is 8.39. The molecule has 0 radical (unpaired) electrons. The molecule has 0 aliphatic carbocycles. The zero-order valence-electron chi connectivity index (χ0n) is 12.6. The molecule has 0 saturated carbocycles. The summed E-state index contributed by atoms with van der Waals surface area (Å²) in [5.74, 6) is 1.09. The molecule has 1 aliphatic heterocycles. The largest absolute Gasteiger partial charge is 0.481 e. The topological polar surface area (TPSA) is 69.6 Å². The summed E-state index contributed by atoms with van der Waals surface area (Å²) in [4.78, 5) is 24.9. The number of hydrogen-bond donors (Lipinski definition) is 2. The van der Waals surface area contributed by atoms with E-state index < -0.39 is 5.97 Å². The van der Waals surface area contributed by atoms with Gasteiger partial charge in [-0.1, -0.05) is 6.92 Å². The molecule has 1 saturated heterocycles. The van der Waals surface area contributed by atoms with Crippen molar-refractivity contribution >= 4 is 23.8 Å². The van der Waals surface area contributed by atoms with E-state index >= 15 is 0 Å². The van der Waals surface area contributed by atoms with Gasteiger partial charge >= 0.3 is 12.0 Å². The van der Waals surface area contributed by atoms with Gasteiger partial charge in [-0.25, -0.2) is 4.79 Å². The summed E-state index contributed by atoms with van der Waals surface area (Å²) in [6.07, 6.45) is 2.06. The second-order valence-corrected chi connectivity index (χ2v) is 6.83. The van der Waals surface area contributed by atoms with Gasteiger partial charge in [-0.2, -0.15) is 11.8 Å². The number of carboxylic acid groups (broad SMARTS) is 1. The zero-order valence-corrected chi connectivity index (χ0v) is 13.4. The number of amides is 2. The molecule has 0 spiro atoms. The number of carbonyl (C=O) groups excluding carboxylic acids is 1. The van der Waals surface area contributed by atoms with E-state index in [1.807, 2.05) is 25.6 Å². The van der Waals surface area contributed by atoms with Crippen molar-refractivity contribution in [2.75, 3.05) is 18.1 Å². The lowest BCUT2D eigenvalue weighted by Gasteiger charge is -2.36. The molecule has 0 aromatic rings. The van der Waals surface area contributed by atoms with Gasteiger partial charge in [-0.05, 0) is 44.6 Å². The lowest BCUT2D eigenvalue weighted by molar-refractivity contribution is -0.143. The highest BCUT2D eigenvalue weighted by Gasteiger charge is 2.32. The van der Waals surface area contributed by atoms with Crippen LogP contribution in [0.15, 0.2) is 0 Å². The Morgan fingerprint density at radius 3 is 2.75 bits per heavy atom. The molecule has 116 valence electrons. The SMILES string of the molecule is CCSCCC(C)NC(=O)N1CCC(C(=O)O)CC1C. The Morgan fingerprint density at radius 1 is 1.50 bits per heavy atom. The van der Waals surface area contributed by atoms with Gasteiger partial charge in [0.15, 0.2) is 0 Å². The van der Waals surface area contributed by atoms with Crippen molar-refractivity contribution in [3.8, 4) is 0 Å². The van der Waals surface area contributed by atoms with Gasteiger partial charge in [0.25, 0.3) is 0 Å². The lowest BCUT2D eigenvalue weighted by Crippen LogP contribution is -2.52. The Labute approximate surface area is 125 Å². The van der Waals surface area contributed by atoms with Crippen LogP contribution in [0.2, 0.25) is 0 Å². The van der Waals surface area contributed by atoms with Crippen molar-refractivity contribution < 1.29 is 14.7 Å². The van der Waals surface area contributed by atoms with E-state index in [1.54, 1.807) is 4.90 Å². The van der Waals surface area contributed by atoms with Crippen molar-refractivity contribution in [2.45, 2.75) is 52.1 Å². The average molecular weight is 302 g/mol. The maximum absolute atomic E-state index is 12.2. The summed E-state index contributed by atoms with van der Waals surface area (Å²) in [6, 6.07) is 0.0864. The zero-order chi connectivity index (χ0) is 15.1. The average Bonchev–Trinajstić information content (AvgIpc) is 2.38. The number of nitrogens with one attached hydrogen (secondary N) is 1. The number of nitrogens with zero attached hydrogens (tertiary/aromatic N) is 1. The first-order valence-electron chi connectivity index (χ1n) is 7.33. The molecule has 1 heterocycles. The number of carbonyl (C=O) groups is 2. The number of hydrogen-bond acceptors (Lipinski definition) is 3. The van der Waals surface area contributed by atoms with E-state index in [0.717, 1.165) is 17.9 Å². The molecule has 0 aromatic carbocycles. The van der Waals surface area contributed by atoms with Crippen LogP contribution in [-0.4, -0.2) is 52.1 Å². The standard InChI is InChI=1S/C14H26N2O3S/c1-4-20-8-6-10(2)15-14(19)16-7-5-12(13(17)18)9-11(16)3/h10-12H,4-9H2,1-3H3,(H,15,19)(H,17,18). The van der Waals surface area contributed by atoms with E-state index in [1.165, 1.54) is 0 Å². The minimum absolute atomic E-state index is 0.0120. The van der Waals surface area contributed by atoms with Crippen LogP contribution >= 0.6 is 11.8 Å². The molecule has 20 heavy (non-hydrogen) atoms. The first-order chi connectivity index (χ1) is 9.45. The number of thioether (sulfide) groups is 1. The predicted octanol–water partition coefficient (Wildman–Crippen LogP) is 2.41. The van der Waals surface area contributed by atoms with Crippen LogP contribution in [-0.2, 0) is 4.79 Å². The third-order valence-corrected chi connectivity index (χ3v) is 4.69. The van der Waals surface area contributed by atoms with Crippen LogP contribution in [0.3, 0.4) is 0 Å². The highest BCUT2D eigenvalue weighted by atomic mass is 32.2. The van der Waals surface area contributed by atoms with Crippen LogP contribution in [0.4, 0.5) is 4.79 Å². The summed E-state index contributed by atoms with van der Waals surface area (Å²) in [5, 5.41) is 12.0. The molecule has 5 nitrogen and oxygen atoms in total. The monoisotopic (exact) mass is 302 g/mol. The number of likely N-dealkylation sites (tertiary alicyclic amines) is 1. The number of piperidine rings is 1. The van der Waals surface area contributed by atoms with Gasteiger partial charge in [0.2, 0.25) is 0 Å². The smallest absolute Gasteiger partial charge is 0.317 e. The maximum atomic E-state index is 12.2. The summed E-state index contributed by atoms with van der Waals surface area (Å²) < 4.78 is 0.